The van der Waals surface area contributed by atoms with Crippen LogP contribution in [-0.2, 0) is 11.2 Å². The van der Waals surface area contributed by atoms with Crippen molar-refractivity contribution in [2.45, 2.75) is 26.7 Å². The van der Waals surface area contributed by atoms with Gasteiger partial charge < -0.3 is 9.21 Å². The number of carbonyl (C=O) groups is 1. The molecule has 0 aromatic carbocycles. The first kappa shape index (κ1) is 7.98. The number of hydrogen-bond donors (Lipinski definition) is 0. The van der Waals surface area contributed by atoms with Gasteiger partial charge in [-0.15, -0.1) is 0 Å². The molecule has 0 saturated carbocycles. The minimum Gasteiger partial charge on any atom is -0.446 e. The highest BCUT2D eigenvalue weighted by Crippen LogP contribution is 2.03. The number of rotatable bonds is 3. The van der Waals surface area contributed by atoms with Gasteiger partial charge in [0.05, 0.1) is 6.20 Å². The molecule has 1 aromatic heterocycles. The molecule has 0 aliphatic heterocycles. The van der Waals surface area contributed by atoms with Crippen LogP contribution in [0.15, 0.2) is 10.6 Å². The van der Waals surface area contributed by atoms with Crippen LogP contribution >= 0.6 is 0 Å². The lowest BCUT2D eigenvalue weighted by molar-refractivity contribution is -0.117. The van der Waals surface area contributed by atoms with E-state index in [0.717, 1.165) is 5.76 Å². The van der Waals surface area contributed by atoms with Crippen LogP contribution in [0.2, 0.25) is 0 Å². The average Bonchev–Trinajstić information content (AvgIpc) is 2.31. The van der Waals surface area contributed by atoms with Crippen LogP contribution in [0.3, 0.4) is 0 Å². The smallest absolute Gasteiger partial charge is 0.194 e. The summed E-state index contributed by atoms with van der Waals surface area (Å²) in [6, 6.07) is 0. The average molecular weight is 153 g/mol. The van der Waals surface area contributed by atoms with Gasteiger partial charge in [0.2, 0.25) is 0 Å². The molecule has 11 heavy (non-hydrogen) atoms. The van der Waals surface area contributed by atoms with Crippen LogP contribution in [0.1, 0.15) is 25.0 Å². The molecule has 0 amide bonds. The summed E-state index contributed by atoms with van der Waals surface area (Å²) in [5, 5.41) is 0. The Bertz CT molecular complexity index is 252. The molecular weight excluding hydrogens is 142 g/mol. The van der Waals surface area contributed by atoms with Gasteiger partial charge in [0.25, 0.3) is 0 Å². The standard InChI is InChI=1S/C8H11NO2/c1-6(10)3-4-8-9-5-7(2)11-8/h5H,3-4H2,1-2H3. The van der Waals surface area contributed by atoms with E-state index in [4.69, 9.17) is 4.42 Å². The van der Waals surface area contributed by atoms with Crippen molar-refractivity contribution in [3.05, 3.63) is 17.8 Å². The number of ketones is 1. The van der Waals surface area contributed by atoms with Gasteiger partial charge in [-0.3, -0.25) is 0 Å². The van der Waals surface area contributed by atoms with Gasteiger partial charge in [0.1, 0.15) is 11.5 Å². The van der Waals surface area contributed by atoms with Gasteiger partial charge in [-0.2, -0.15) is 0 Å². The van der Waals surface area contributed by atoms with Crippen molar-refractivity contribution in [3.8, 4) is 0 Å². The molecule has 0 aliphatic rings. The van der Waals surface area contributed by atoms with E-state index in [1.165, 1.54) is 0 Å². The zero-order valence-corrected chi connectivity index (χ0v) is 6.76. The van der Waals surface area contributed by atoms with E-state index < -0.39 is 0 Å². The Morgan fingerprint density at radius 2 is 2.45 bits per heavy atom. The molecule has 0 bridgehead atoms. The van der Waals surface area contributed by atoms with Gasteiger partial charge in [-0.25, -0.2) is 4.98 Å². The van der Waals surface area contributed by atoms with Crippen molar-refractivity contribution in [2.75, 3.05) is 0 Å². The number of carbonyl (C=O) groups excluding carboxylic acids is 1. The second-order valence-electron chi connectivity index (χ2n) is 2.57. The lowest BCUT2D eigenvalue weighted by Crippen LogP contribution is -1.93. The molecule has 0 fully saturated rings. The van der Waals surface area contributed by atoms with Gasteiger partial charge in [-0.1, -0.05) is 0 Å². The van der Waals surface area contributed by atoms with E-state index in [1.54, 1.807) is 13.1 Å². The molecule has 1 heterocycles. The summed E-state index contributed by atoms with van der Waals surface area (Å²) in [7, 11) is 0. The van der Waals surface area contributed by atoms with E-state index in [2.05, 4.69) is 4.98 Å². The normalized spacial score (nSPS) is 10.0. The largest absolute Gasteiger partial charge is 0.446 e. The molecule has 3 heteroatoms. The molecule has 1 aromatic rings. The first-order valence-corrected chi connectivity index (χ1v) is 3.59. The van der Waals surface area contributed by atoms with Crippen molar-refractivity contribution in [1.82, 2.24) is 4.98 Å². The van der Waals surface area contributed by atoms with Crippen LogP contribution in [-0.4, -0.2) is 10.8 Å². The number of hydrogen-bond acceptors (Lipinski definition) is 3. The number of nitrogens with zero attached hydrogens (tertiary/aromatic N) is 1. The summed E-state index contributed by atoms with van der Waals surface area (Å²) in [4.78, 5) is 14.5. The van der Waals surface area contributed by atoms with Gasteiger partial charge in [0.15, 0.2) is 5.89 Å². The van der Waals surface area contributed by atoms with E-state index in [1.807, 2.05) is 6.92 Å². The SMILES string of the molecule is CC(=O)CCc1ncc(C)o1. The topological polar surface area (TPSA) is 43.1 Å². The fraction of sp³-hybridized carbons (Fsp3) is 0.500. The first-order valence-electron chi connectivity index (χ1n) is 3.59. The molecule has 0 spiro atoms. The van der Waals surface area contributed by atoms with Crippen LogP contribution in [0.5, 0.6) is 0 Å². The molecule has 0 aliphatic carbocycles. The molecule has 60 valence electrons. The van der Waals surface area contributed by atoms with Crippen molar-refractivity contribution >= 4 is 5.78 Å². The second-order valence-corrected chi connectivity index (χ2v) is 2.57. The molecule has 0 N–H and O–H groups in total. The monoisotopic (exact) mass is 153 g/mol. The second kappa shape index (κ2) is 3.32. The molecule has 0 radical (unpaired) electrons. The third-order valence-corrected chi connectivity index (χ3v) is 1.36. The lowest BCUT2D eigenvalue weighted by atomic mass is 10.2. The molecule has 0 saturated heterocycles. The zero-order valence-electron chi connectivity index (χ0n) is 6.76. The predicted octanol–water partition coefficient (Wildman–Crippen LogP) is 1.50. The number of aromatic nitrogens is 1. The Hall–Kier alpha value is -1.12. The summed E-state index contributed by atoms with van der Waals surface area (Å²) < 4.78 is 5.17. The molecule has 0 unspecified atom stereocenters. The minimum atomic E-state index is 0.167. The Kier molecular flexibility index (Phi) is 2.41. The van der Waals surface area contributed by atoms with Crippen molar-refractivity contribution in [1.29, 1.82) is 0 Å². The summed E-state index contributed by atoms with van der Waals surface area (Å²) >= 11 is 0. The lowest BCUT2D eigenvalue weighted by Gasteiger charge is -1.89. The zero-order chi connectivity index (χ0) is 8.27. The Labute approximate surface area is 65.4 Å². The first-order chi connectivity index (χ1) is 5.18. The number of oxazole rings is 1. The Morgan fingerprint density at radius 1 is 1.73 bits per heavy atom. The quantitative estimate of drug-likeness (QED) is 0.661. The van der Waals surface area contributed by atoms with E-state index in [0.29, 0.717) is 18.7 Å². The summed E-state index contributed by atoms with van der Waals surface area (Å²) in [6.45, 7) is 3.40. The van der Waals surface area contributed by atoms with E-state index in [-0.39, 0.29) is 5.78 Å². The molecule has 0 atom stereocenters. The molecule has 1 rings (SSSR count). The van der Waals surface area contributed by atoms with Crippen LogP contribution in [0.25, 0.3) is 0 Å². The maximum atomic E-state index is 10.6. The maximum absolute atomic E-state index is 10.6. The highest BCUT2D eigenvalue weighted by molar-refractivity contribution is 5.75. The predicted molar refractivity (Wildman–Crippen MR) is 40.2 cm³/mol. The van der Waals surface area contributed by atoms with Gasteiger partial charge in [-0.05, 0) is 13.8 Å². The molecular formula is C8H11NO2. The number of Topliss-reactive ketones (excluding diaryl/α,β-unsaturated/α-hetero) is 1. The maximum Gasteiger partial charge on any atom is 0.194 e. The van der Waals surface area contributed by atoms with E-state index in [9.17, 15) is 4.79 Å². The summed E-state index contributed by atoms with van der Waals surface area (Å²) in [6.07, 6.45) is 2.79. The Morgan fingerprint density at radius 3 is 2.91 bits per heavy atom. The van der Waals surface area contributed by atoms with Crippen LogP contribution in [0.4, 0.5) is 0 Å². The fourth-order valence-electron chi connectivity index (χ4n) is 0.800. The third-order valence-electron chi connectivity index (χ3n) is 1.36. The Balaban J connectivity index is 2.45. The fourth-order valence-corrected chi connectivity index (χ4v) is 0.800. The van der Waals surface area contributed by atoms with Crippen LogP contribution in [0, 0.1) is 6.92 Å². The summed E-state index contributed by atoms with van der Waals surface area (Å²) in [5.41, 5.74) is 0. The van der Waals surface area contributed by atoms with Crippen molar-refractivity contribution in [3.63, 3.8) is 0 Å². The van der Waals surface area contributed by atoms with Gasteiger partial charge in [0, 0.05) is 12.8 Å². The van der Waals surface area contributed by atoms with E-state index >= 15 is 0 Å². The third kappa shape index (κ3) is 2.53. The van der Waals surface area contributed by atoms with Crippen molar-refractivity contribution < 1.29 is 9.21 Å². The summed E-state index contributed by atoms with van der Waals surface area (Å²) in [5.74, 6) is 1.61. The van der Waals surface area contributed by atoms with Gasteiger partial charge >= 0.3 is 0 Å². The minimum absolute atomic E-state index is 0.167. The van der Waals surface area contributed by atoms with Crippen LogP contribution < -0.4 is 0 Å². The highest BCUT2D eigenvalue weighted by atomic mass is 16.4. The molecule has 3 nitrogen and oxygen atoms in total. The van der Waals surface area contributed by atoms with Crippen molar-refractivity contribution in [2.24, 2.45) is 0 Å². The number of aryl methyl sites for hydroxylation is 2. The highest BCUT2D eigenvalue weighted by Gasteiger charge is 2.01.